The van der Waals surface area contributed by atoms with Gasteiger partial charge in [-0.3, -0.25) is 0 Å². The Morgan fingerprint density at radius 1 is 1.23 bits per heavy atom. The van der Waals surface area contributed by atoms with Crippen LogP contribution in [0.1, 0.15) is 38.1 Å². The Balaban J connectivity index is 2.85. The van der Waals surface area contributed by atoms with Crippen LogP contribution in [0.2, 0.25) is 5.02 Å². The minimum Gasteiger partial charge on any atom is -0.465 e. The van der Waals surface area contributed by atoms with Gasteiger partial charge in [-0.2, -0.15) is 0 Å². The fourth-order valence-corrected chi connectivity index (χ4v) is 2.69. The summed E-state index contributed by atoms with van der Waals surface area (Å²) in [5, 5.41) is 7.32. The molecule has 4 nitrogen and oxygen atoms in total. The Labute approximate surface area is 142 Å². The summed E-state index contributed by atoms with van der Waals surface area (Å²) in [4.78, 5) is 11.6. The fraction of sp³-hybridized carbons (Fsp3) is 0.500. The van der Waals surface area contributed by atoms with Crippen molar-refractivity contribution in [3.05, 3.63) is 28.8 Å². The first-order valence-electron chi connectivity index (χ1n) is 7.21. The van der Waals surface area contributed by atoms with Gasteiger partial charge < -0.3 is 15.4 Å². The van der Waals surface area contributed by atoms with Crippen LogP contribution >= 0.6 is 23.8 Å². The van der Waals surface area contributed by atoms with E-state index in [9.17, 15) is 4.79 Å². The first-order valence-corrected chi connectivity index (χ1v) is 8.00. The lowest BCUT2D eigenvalue weighted by atomic mass is 9.93. The average Bonchev–Trinajstić information content (AvgIpc) is 2.45. The van der Waals surface area contributed by atoms with Crippen molar-refractivity contribution in [1.82, 2.24) is 5.32 Å². The van der Waals surface area contributed by atoms with E-state index < -0.39 is 5.97 Å². The topological polar surface area (TPSA) is 50.4 Å². The number of thiocarbonyl (C=S) groups is 1. The maximum absolute atomic E-state index is 11.6. The number of methoxy groups -OCH3 is 1. The van der Waals surface area contributed by atoms with E-state index in [1.165, 1.54) is 7.11 Å². The number of anilines is 1. The number of hydrogen-bond acceptors (Lipinski definition) is 3. The van der Waals surface area contributed by atoms with E-state index in [4.69, 9.17) is 28.6 Å². The lowest BCUT2D eigenvalue weighted by molar-refractivity contribution is 0.0601. The Kier molecular flexibility index (Phi) is 7.10. The maximum Gasteiger partial charge on any atom is 0.337 e. The lowest BCUT2D eigenvalue weighted by Crippen LogP contribution is -2.44. The fourth-order valence-electron chi connectivity index (χ4n) is 2.28. The molecule has 1 rings (SSSR count). The lowest BCUT2D eigenvalue weighted by Gasteiger charge is -2.27. The number of ether oxygens (including phenoxy) is 1. The SMILES string of the molecule is COC(=O)c1ccc(Cl)c(NC(=S)NC(C(C)C)C(C)C)c1. The third kappa shape index (κ3) is 5.14. The van der Waals surface area contributed by atoms with E-state index in [-0.39, 0.29) is 6.04 Å². The zero-order chi connectivity index (χ0) is 16.9. The number of hydrogen-bond donors (Lipinski definition) is 2. The average molecular weight is 343 g/mol. The van der Waals surface area contributed by atoms with Crippen molar-refractivity contribution in [3.8, 4) is 0 Å². The number of esters is 1. The highest BCUT2D eigenvalue weighted by Crippen LogP contribution is 2.23. The monoisotopic (exact) mass is 342 g/mol. The highest BCUT2D eigenvalue weighted by atomic mass is 35.5. The molecule has 22 heavy (non-hydrogen) atoms. The largest absolute Gasteiger partial charge is 0.465 e. The number of carbonyl (C=O) groups is 1. The Bertz CT molecular complexity index is 539. The van der Waals surface area contributed by atoms with Crippen LogP contribution in [0.4, 0.5) is 5.69 Å². The summed E-state index contributed by atoms with van der Waals surface area (Å²) in [5.41, 5.74) is 0.995. The molecule has 0 aliphatic carbocycles. The van der Waals surface area contributed by atoms with Crippen LogP contribution in [0.15, 0.2) is 18.2 Å². The Morgan fingerprint density at radius 2 is 1.82 bits per heavy atom. The van der Waals surface area contributed by atoms with Gasteiger partial charge in [-0.15, -0.1) is 0 Å². The van der Waals surface area contributed by atoms with Gasteiger partial charge in [0.05, 0.1) is 23.4 Å². The molecule has 2 N–H and O–H groups in total. The van der Waals surface area contributed by atoms with E-state index in [2.05, 4.69) is 38.3 Å². The van der Waals surface area contributed by atoms with Crippen molar-refractivity contribution >= 4 is 40.6 Å². The van der Waals surface area contributed by atoms with Crippen molar-refractivity contribution in [1.29, 1.82) is 0 Å². The van der Waals surface area contributed by atoms with Gasteiger partial charge in [0.2, 0.25) is 0 Å². The molecule has 0 amide bonds. The third-order valence-corrected chi connectivity index (χ3v) is 3.92. The number of halogens is 1. The minimum absolute atomic E-state index is 0.252. The van der Waals surface area contributed by atoms with E-state index >= 15 is 0 Å². The number of rotatable bonds is 5. The van der Waals surface area contributed by atoms with Crippen molar-refractivity contribution < 1.29 is 9.53 Å². The second-order valence-electron chi connectivity index (χ2n) is 5.80. The summed E-state index contributed by atoms with van der Waals surface area (Å²) in [6.45, 7) is 8.58. The van der Waals surface area contributed by atoms with Gasteiger partial charge in [0.15, 0.2) is 5.11 Å². The molecule has 0 bridgehead atoms. The highest BCUT2D eigenvalue weighted by Gasteiger charge is 2.18. The van der Waals surface area contributed by atoms with Gasteiger partial charge in [0, 0.05) is 6.04 Å². The number of nitrogens with one attached hydrogen (secondary N) is 2. The number of carbonyl (C=O) groups excluding carboxylic acids is 1. The molecule has 0 aromatic heterocycles. The molecular weight excluding hydrogens is 320 g/mol. The molecule has 0 saturated heterocycles. The molecule has 0 unspecified atom stereocenters. The zero-order valence-corrected chi connectivity index (χ0v) is 15.1. The quantitative estimate of drug-likeness (QED) is 0.623. The third-order valence-electron chi connectivity index (χ3n) is 3.37. The maximum atomic E-state index is 11.6. The summed E-state index contributed by atoms with van der Waals surface area (Å²) < 4.78 is 4.71. The zero-order valence-electron chi connectivity index (χ0n) is 13.6. The molecule has 0 saturated carbocycles. The van der Waals surface area contributed by atoms with Crippen LogP contribution in [-0.2, 0) is 4.74 Å². The second-order valence-corrected chi connectivity index (χ2v) is 6.61. The first kappa shape index (κ1) is 18.7. The summed E-state index contributed by atoms with van der Waals surface area (Å²) >= 11 is 11.5. The Hall–Kier alpha value is -1.33. The van der Waals surface area contributed by atoms with Gasteiger partial charge in [-0.1, -0.05) is 39.3 Å². The van der Waals surface area contributed by atoms with Gasteiger partial charge >= 0.3 is 5.97 Å². The predicted octanol–water partition coefficient (Wildman–Crippen LogP) is 4.09. The molecule has 0 radical (unpaired) electrons. The van der Waals surface area contributed by atoms with Crippen LogP contribution in [-0.4, -0.2) is 24.2 Å². The smallest absolute Gasteiger partial charge is 0.337 e. The van der Waals surface area contributed by atoms with Crippen LogP contribution in [0, 0.1) is 11.8 Å². The van der Waals surface area contributed by atoms with E-state index in [1.54, 1.807) is 18.2 Å². The van der Waals surface area contributed by atoms with Crippen LogP contribution in [0.3, 0.4) is 0 Å². The Morgan fingerprint density at radius 3 is 2.32 bits per heavy atom. The minimum atomic E-state index is -0.416. The summed E-state index contributed by atoms with van der Waals surface area (Å²) in [6.07, 6.45) is 0. The molecule has 0 aliphatic rings. The molecular formula is C16H23ClN2O2S. The summed E-state index contributed by atoms with van der Waals surface area (Å²) in [5.74, 6) is 0.467. The predicted molar refractivity (Wildman–Crippen MR) is 95.6 cm³/mol. The van der Waals surface area contributed by atoms with Crippen molar-refractivity contribution in [2.24, 2.45) is 11.8 Å². The van der Waals surface area contributed by atoms with Crippen LogP contribution in [0.5, 0.6) is 0 Å². The van der Waals surface area contributed by atoms with E-state index in [1.807, 2.05) is 0 Å². The molecule has 6 heteroatoms. The van der Waals surface area contributed by atoms with E-state index in [0.29, 0.717) is 33.2 Å². The molecule has 0 heterocycles. The van der Waals surface area contributed by atoms with Crippen LogP contribution in [0.25, 0.3) is 0 Å². The summed E-state index contributed by atoms with van der Waals surface area (Å²) in [7, 11) is 1.34. The van der Waals surface area contributed by atoms with Crippen molar-refractivity contribution in [3.63, 3.8) is 0 Å². The van der Waals surface area contributed by atoms with Gasteiger partial charge in [0.25, 0.3) is 0 Å². The van der Waals surface area contributed by atoms with Gasteiger partial charge in [-0.25, -0.2) is 4.79 Å². The van der Waals surface area contributed by atoms with Crippen molar-refractivity contribution in [2.45, 2.75) is 33.7 Å². The molecule has 122 valence electrons. The summed E-state index contributed by atoms with van der Waals surface area (Å²) in [6, 6.07) is 5.13. The highest BCUT2D eigenvalue weighted by molar-refractivity contribution is 7.80. The van der Waals surface area contributed by atoms with Crippen molar-refractivity contribution in [2.75, 3.05) is 12.4 Å². The molecule has 1 aromatic rings. The standard InChI is InChI=1S/C16H23ClN2O2S/c1-9(2)14(10(3)4)19-16(22)18-13-8-11(15(20)21-5)6-7-12(13)17/h6-10,14H,1-5H3,(H2,18,19,22). The molecule has 0 aliphatic heterocycles. The van der Waals surface area contributed by atoms with Gasteiger partial charge in [-0.05, 0) is 42.3 Å². The molecule has 0 fully saturated rings. The van der Waals surface area contributed by atoms with Crippen LogP contribution < -0.4 is 10.6 Å². The normalized spacial score (nSPS) is 11.0. The number of benzene rings is 1. The molecule has 0 spiro atoms. The second kappa shape index (κ2) is 8.34. The van der Waals surface area contributed by atoms with E-state index in [0.717, 1.165) is 0 Å². The van der Waals surface area contributed by atoms with Gasteiger partial charge in [0.1, 0.15) is 0 Å². The first-order chi connectivity index (χ1) is 10.3. The molecule has 0 atom stereocenters. The molecule has 1 aromatic carbocycles.